The van der Waals surface area contributed by atoms with Gasteiger partial charge >= 0.3 is 0 Å². The predicted octanol–water partition coefficient (Wildman–Crippen LogP) is 3.84. The van der Waals surface area contributed by atoms with Gasteiger partial charge in [-0.15, -0.1) is 0 Å². The van der Waals surface area contributed by atoms with Crippen molar-refractivity contribution in [3.63, 3.8) is 0 Å². The molecule has 5 heteroatoms. The van der Waals surface area contributed by atoms with Crippen LogP contribution in [0.25, 0.3) is 0 Å². The van der Waals surface area contributed by atoms with E-state index in [1.807, 2.05) is 0 Å². The number of benzene rings is 1. The maximum atomic E-state index is 13.8. The average molecular weight is 379 g/mol. The minimum absolute atomic E-state index is 0.154. The molecule has 0 unspecified atom stereocenters. The lowest BCUT2D eigenvalue weighted by molar-refractivity contribution is 0.0694. The Hall–Kier alpha value is -0.420. The molecule has 0 aliphatic carbocycles. The van der Waals surface area contributed by atoms with Crippen molar-refractivity contribution >= 4 is 37.8 Å². The molecule has 98 valence electrons. The summed E-state index contributed by atoms with van der Waals surface area (Å²) in [6, 6.07) is 4.83. The molecule has 0 aromatic heterocycles. The van der Waals surface area contributed by atoms with Crippen LogP contribution in [0.1, 0.15) is 23.2 Å². The number of carbonyl (C=O) groups excluding carboxylic acids is 1. The fraction of sp³-hybridized carbons (Fsp3) is 0.462. The molecular formula is C13H14Br2FNO. The maximum Gasteiger partial charge on any atom is 0.256 e. The molecule has 18 heavy (non-hydrogen) atoms. The van der Waals surface area contributed by atoms with E-state index in [0.717, 1.165) is 18.2 Å². The Morgan fingerprint density at radius 3 is 2.67 bits per heavy atom. The Morgan fingerprint density at radius 2 is 2.06 bits per heavy atom. The van der Waals surface area contributed by atoms with Gasteiger partial charge in [0.05, 0.1) is 10.0 Å². The minimum atomic E-state index is -0.467. The van der Waals surface area contributed by atoms with Gasteiger partial charge in [0.25, 0.3) is 5.91 Å². The number of hydrogen-bond donors (Lipinski definition) is 0. The first-order chi connectivity index (χ1) is 8.63. The molecule has 1 aliphatic heterocycles. The standard InChI is InChI=1S/C13H14Br2FNO/c14-8-9-4-6-17(7-5-9)13(18)10-2-1-3-11(15)12(10)16/h1-3,9H,4-8H2. The minimum Gasteiger partial charge on any atom is -0.339 e. The smallest absolute Gasteiger partial charge is 0.256 e. The molecule has 2 rings (SSSR count). The van der Waals surface area contributed by atoms with Gasteiger partial charge in [-0.3, -0.25) is 4.79 Å². The monoisotopic (exact) mass is 377 g/mol. The SMILES string of the molecule is O=C(c1cccc(Br)c1F)N1CCC(CBr)CC1. The lowest BCUT2D eigenvalue weighted by Gasteiger charge is -2.31. The van der Waals surface area contributed by atoms with Crippen molar-refractivity contribution in [3.8, 4) is 0 Å². The van der Waals surface area contributed by atoms with E-state index < -0.39 is 5.82 Å². The molecule has 0 N–H and O–H groups in total. The van der Waals surface area contributed by atoms with E-state index in [4.69, 9.17) is 0 Å². The molecule has 1 fully saturated rings. The van der Waals surface area contributed by atoms with Gasteiger partial charge in [-0.1, -0.05) is 22.0 Å². The molecule has 2 nitrogen and oxygen atoms in total. The number of piperidine rings is 1. The Labute approximate surface area is 123 Å². The highest BCUT2D eigenvalue weighted by Crippen LogP contribution is 2.23. The van der Waals surface area contributed by atoms with Gasteiger partial charge in [0.15, 0.2) is 0 Å². The molecule has 1 amide bonds. The van der Waals surface area contributed by atoms with Crippen LogP contribution in [-0.4, -0.2) is 29.2 Å². The third-order valence-corrected chi connectivity index (χ3v) is 4.83. The second kappa shape index (κ2) is 6.15. The van der Waals surface area contributed by atoms with Crippen molar-refractivity contribution in [2.24, 2.45) is 5.92 Å². The zero-order valence-electron chi connectivity index (χ0n) is 9.83. The van der Waals surface area contributed by atoms with Crippen LogP contribution in [0, 0.1) is 11.7 Å². The van der Waals surface area contributed by atoms with Gasteiger partial charge in [0, 0.05) is 18.4 Å². The van der Waals surface area contributed by atoms with Crippen LogP contribution in [0.3, 0.4) is 0 Å². The van der Waals surface area contributed by atoms with Crippen LogP contribution >= 0.6 is 31.9 Å². The van der Waals surface area contributed by atoms with E-state index in [1.54, 1.807) is 23.1 Å². The van der Waals surface area contributed by atoms with Gasteiger partial charge in [-0.2, -0.15) is 0 Å². The van der Waals surface area contributed by atoms with E-state index in [1.165, 1.54) is 0 Å². The summed E-state index contributed by atoms with van der Waals surface area (Å²) < 4.78 is 14.2. The summed E-state index contributed by atoms with van der Waals surface area (Å²) in [6.45, 7) is 1.42. The van der Waals surface area contributed by atoms with E-state index in [-0.39, 0.29) is 11.5 Å². The lowest BCUT2D eigenvalue weighted by Crippen LogP contribution is -2.39. The number of hydrogen-bond acceptors (Lipinski definition) is 1. The third kappa shape index (κ3) is 2.94. The van der Waals surface area contributed by atoms with E-state index in [2.05, 4.69) is 31.9 Å². The largest absolute Gasteiger partial charge is 0.339 e. The zero-order valence-corrected chi connectivity index (χ0v) is 13.0. The molecule has 0 saturated carbocycles. The predicted molar refractivity (Wildman–Crippen MR) is 76.5 cm³/mol. The van der Waals surface area contributed by atoms with E-state index in [9.17, 15) is 9.18 Å². The molecule has 1 aromatic rings. The fourth-order valence-electron chi connectivity index (χ4n) is 2.13. The number of rotatable bonds is 2. The van der Waals surface area contributed by atoms with Crippen LogP contribution in [0.15, 0.2) is 22.7 Å². The maximum absolute atomic E-state index is 13.8. The first-order valence-corrected chi connectivity index (χ1v) is 7.84. The summed E-state index contributed by atoms with van der Waals surface area (Å²) in [6.07, 6.45) is 1.96. The summed E-state index contributed by atoms with van der Waals surface area (Å²) in [5.74, 6) is -0.0478. The number of halogens is 3. The topological polar surface area (TPSA) is 20.3 Å². The Morgan fingerprint density at radius 1 is 1.39 bits per heavy atom. The normalized spacial score (nSPS) is 16.9. The lowest BCUT2D eigenvalue weighted by atomic mass is 9.98. The van der Waals surface area contributed by atoms with Crippen LogP contribution in [0.2, 0.25) is 0 Å². The van der Waals surface area contributed by atoms with Crippen LogP contribution in [0.5, 0.6) is 0 Å². The second-order valence-electron chi connectivity index (χ2n) is 4.49. The van der Waals surface area contributed by atoms with Crippen molar-refractivity contribution < 1.29 is 9.18 Å². The number of likely N-dealkylation sites (tertiary alicyclic amines) is 1. The second-order valence-corrected chi connectivity index (χ2v) is 5.99. The van der Waals surface area contributed by atoms with E-state index in [0.29, 0.717) is 23.5 Å². The molecule has 1 heterocycles. The average Bonchev–Trinajstić information content (AvgIpc) is 2.41. The quantitative estimate of drug-likeness (QED) is 0.716. The first kappa shape index (κ1) is 14.0. The summed E-state index contributed by atoms with van der Waals surface area (Å²) in [5.41, 5.74) is 0.154. The van der Waals surface area contributed by atoms with Crippen molar-refractivity contribution in [2.75, 3.05) is 18.4 Å². The number of amides is 1. The zero-order chi connectivity index (χ0) is 13.1. The van der Waals surface area contributed by atoms with Crippen molar-refractivity contribution in [3.05, 3.63) is 34.1 Å². The Balaban J connectivity index is 2.10. The van der Waals surface area contributed by atoms with Gasteiger partial charge in [0.2, 0.25) is 0 Å². The fourth-order valence-corrected chi connectivity index (χ4v) is 3.14. The summed E-state index contributed by atoms with van der Waals surface area (Å²) in [5, 5.41) is 0.972. The van der Waals surface area contributed by atoms with Gasteiger partial charge in [-0.25, -0.2) is 4.39 Å². The number of carbonyl (C=O) groups is 1. The molecule has 1 aliphatic rings. The van der Waals surface area contributed by atoms with E-state index >= 15 is 0 Å². The highest BCUT2D eigenvalue weighted by Gasteiger charge is 2.25. The molecular weight excluding hydrogens is 365 g/mol. The molecule has 0 bridgehead atoms. The molecule has 0 atom stereocenters. The molecule has 1 saturated heterocycles. The first-order valence-electron chi connectivity index (χ1n) is 5.92. The Kier molecular flexibility index (Phi) is 4.78. The van der Waals surface area contributed by atoms with Crippen molar-refractivity contribution in [1.29, 1.82) is 0 Å². The van der Waals surface area contributed by atoms with Crippen molar-refractivity contribution in [1.82, 2.24) is 4.90 Å². The van der Waals surface area contributed by atoms with Crippen LogP contribution in [-0.2, 0) is 0 Å². The third-order valence-electron chi connectivity index (χ3n) is 3.30. The van der Waals surface area contributed by atoms with Crippen LogP contribution < -0.4 is 0 Å². The summed E-state index contributed by atoms with van der Waals surface area (Å²) in [7, 11) is 0. The highest BCUT2D eigenvalue weighted by molar-refractivity contribution is 9.10. The number of nitrogens with zero attached hydrogens (tertiary/aromatic N) is 1. The molecule has 0 radical (unpaired) electrons. The molecule has 1 aromatic carbocycles. The highest BCUT2D eigenvalue weighted by atomic mass is 79.9. The van der Waals surface area contributed by atoms with Gasteiger partial charge < -0.3 is 4.90 Å². The number of alkyl halides is 1. The van der Waals surface area contributed by atoms with Gasteiger partial charge in [-0.05, 0) is 46.8 Å². The Bertz CT molecular complexity index is 445. The van der Waals surface area contributed by atoms with Crippen molar-refractivity contribution in [2.45, 2.75) is 12.8 Å². The summed E-state index contributed by atoms with van der Waals surface area (Å²) >= 11 is 6.57. The molecule has 0 spiro atoms. The summed E-state index contributed by atoms with van der Waals surface area (Å²) in [4.78, 5) is 14.0. The van der Waals surface area contributed by atoms with Crippen LogP contribution in [0.4, 0.5) is 4.39 Å². The van der Waals surface area contributed by atoms with Gasteiger partial charge in [0.1, 0.15) is 5.82 Å².